The van der Waals surface area contributed by atoms with E-state index in [1.165, 1.54) is 0 Å². The van der Waals surface area contributed by atoms with E-state index in [2.05, 4.69) is 46.8 Å². The zero-order valence-electron chi connectivity index (χ0n) is 22.0. The molecule has 0 aliphatic rings. The fourth-order valence-corrected chi connectivity index (χ4v) is 3.51. The summed E-state index contributed by atoms with van der Waals surface area (Å²) < 4.78 is 22.3. The first-order chi connectivity index (χ1) is 18.0. The van der Waals surface area contributed by atoms with E-state index in [0.717, 1.165) is 24.8 Å². The molecule has 0 fully saturated rings. The summed E-state index contributed by atoms with van der Waals surface area (Å²) in [5.41, 5.74) is 1.63. The average molecular weight is 509 g/mol. The molecule has 0 aliphatic heterocycles. The molecule has 9 heteroatoms. The Morgan fingerprint density at radius 3 is 2.62 bits per heavy atom. The van der Waals surface area contributed by atoms with E-state index >= 15 is 0 Å². The van der Waals surface area contributed by atoms with Gasteiger partial charge in [-0.3, -0.25) is 4.79 Å². The molecule has 9 nitrogen and oxygen atoms in total. The Morgan fingerprint density at radius 1 is 1.03 bits per heavy atom. The second kappa shape index (κ2) is 14.5. The van der Waals surface area contributed by atoms with Gasteiger partial charge in [-0.05, 0) is 55.0 Å². The molecule has 0 bridgehead atoms. The summed E-state index contributed by atoms with van der Waals surface area (Å²) in [6.07, 6.45) is 7.79. The first-order valence-corrected chi connectivity index (χ1v) is 12.4. The zero-order valence-corrected chi connectivity index (χ0v) is 22.0. The van der Waals surface area contributed by atoms with Crippen LogP contribution in [0.15, 0.2) is 59.0 Å². The monoisotopic (exact) mass is 508 g/mol. The topological polar surface area (TPSA) is 108 Å². The summed E-state index contributed by atoms with van der Waals surface area (Å²) in [5, 5.41) is 14.0. The molecule has 0 spiro atoms. The molecule has 2 N–H and O–H groups in total. The number of methoxy groups -OCH3 is 2. The normalized spacial score (nSPS) is 11.1. The lowest BCUT2D eigenvalue weighted by Gasteiger charge is -2.12. The Balaban J connectivity index is 1.46. The molecule has 0 radical (unpaired) electrons. The van der Waals surface area contributed by atoms with Crippen molar-refractivity contribution in [2.75, 3.05) is 19.5 Å². The molecule has 0 saturated heterocycles. The standard InChI is InChI=1S/C28H36N4O5/c1-20(2)11-7-5-6-8-14-26(33)29-18-21-15-16-24(25(17-21)35-4)36-19-27-31-32-28(37-27)30-22-12-9-10-13-23(22)34-3/h7,9-13,15-17,20H,5-6,8,14,18-19H2,1-4H3,(H,29,33)(H,30,32)/b11-7+. The van der Waals surface area contributed by atoms with Gasteiger partial charge >= 0.3 is 6.01 Å². The van der Waals surface area contributed by atoms with Crippen LogP contribution in [0, 0.1) is 5.92 Å². The Bertz CT molecular complexity index is 1160. The minimum Gasteiger partial charge on any atom is -0.495 e. The number of ether oxygens (including phenoxy) is 3. The molecule has 3 rings (SSSR count). The lowest BCUT2D eigenvalue weighted by Crippen LogP contribution is -2.22. The van der Waals surface area contributed by atoms with Gasteiger partial charge in [0.15, 0.2) is 18.1 Å². The summed E-state index contributed by atoms with van der Waals surface area (Å²) >= 11 is 0. The first-order valence-electron chi connectivity index (χ1n) is 12.4. The van der Waals surface area contributed by atoms with Gasteiger partial charge in [-0.15, -0.1) is 5.10 Å². The summed E-state index contributed by atoms with van der Waals surface area (Å²) in [7, 11) is 3.16. The van der Waals surface area contributed by atoms with E-state index in [9.17, 15) is 4.79 Å². The Labute approximate surface area is 218 Å². The van der Waals surface area contributed by atoms with E-state index in [1.807, 2.05) is 36.4 Å². The van der Waals surface area contributed by atoms with E-state index in [1.54, 1.807) is 20.3 Å². The molecule has 37 heavy (non-hydrogen) atoms. The quantitative estimate of drug-likeness (QED) is 0.196. The highest BCUT2D eigenvalue weighted by molar-refractivity contribution is 5.75. The third kappa shape index (κ3) is 9.18. The largest absolute Gasteiger partial charge is 0.495 e. The maximum absolute atomic E-state index is 12.2. The van der Waals surface area contributed by atoms with Crippen molar-refractivity contribution in [3.05, 3.63) is 66.1 Å². The average Bonchev–Trinajstić information content (AvgIpc) is 3.35. The predicted molar refractivity (Wildman–Crippen MR) is 142 cm³/mol. The number of unbranched alkanes of at least 4 members (excludes halogenated alkanes) is 2. The van der Waals surface area contributed by atoms with Gasteiger partial charge in [0, 0.05) is 13.0 Å². The van der Waals surface area contributed by atoms with Gasteiger partial charge in [-0.1, -0.05) is 49.3 Å². The lowest BCUT2D eigenvalue weighted by atomic mass is 10.1. The summed E-state index contributed by atoms with van der Waals surface area (Å²) in [4.78, 5) is 12.2. The lowest BCUT2D eigenvalue weighted by molar-refractivity contribution is -0.121. The van der Waals surface area contributed by atoms with Crippen molar-refractivity contribution in [2.45, 2.75) is 52.7 Å². The second-order valence-corrected chi connectivity index (χ2v) is 8.79. The Kier molecular flexibility index (Phi) is 10.8. The summed E-state index contributed by atoms with van der Waals surface area (Å²) in [5.74, 6) is 2.65. The molecule has 1 aromatic heterocycles. The fourth-order valence-electron chi connectivity index (χ4n) is 3.51. The minimum atomic E-state index is 0.0427. The van der Waals surface area contributed by atoms with E-state index in [4.69, 9.17) is 18.6 Å². The number of allylic oxidation sites excluding steroid dienone is 2. The molecular formula is C28H36N4O5. The van der Waals surface area contributed by atoms with Crippen molar-refractivity contribution in [3.8, 4) is 17.2 Å². The Morgan fingerprint density at radius 2 is 1.84 bits per heavy atom. The van der Waals surface area contributed by atoms with Crippen molar-refractivity contribution in [1.82, 2.24) is 15.5 Å². The van der Waals surface area contributed by atoms with Crippen LogP contribution < -0.4 is 24.8 Å². The number of hydrogen-bond acceptors (Lipinski definition) is 8. The van der Waals surface area contributed by atoms with Crippen molar-refractivity contribution >= 4 is 17.6 Å². The zero-order chi connectivity index (χ0) is 26.5. The third-order valence-corrected chi connectivity index (χ3v) is 5.43. The number of anilines is 2. The van der Waals surface area contributed by atoms with Gasteiger partial charge in [0.05, 0.1) is 19.9 Å². The van der Waals surface area contributed by atoms with Crippen molar-refractivity contribution < 1.29 is 23.4 Å². The first kappa shape index (κ1) is 27.6. The van der Waals surface area contributed by atoms with Gasteiger partial charge in [0.25, 0.3) is 5.89 Å². The van der Waals surface area contributed by atoms with Gasteiger partial charge in [0.1, 0.15) is 5.75 Å². The number of rotatable bonds is 15. The van der Waals surface area contributed by atoms with Crippen LogP contribution in [0.25, 0.3) is 0 Å². The van der Waals surface area contributed by atoms with E-state index < -0.39 is 0 Å². The molecule has 0 unspecified atom stereocenters. The van der Waals surface area contributed by atoms with Crippen LogP contribution in [-0.4, -0.2) is 30.3 Å². The number of carbonyl (C=O) groups is 1. The molecule has 2 aromatic carbocycles. The molecule has 1 amide bonds. The number of nitrogens with one attached hydrogen (secondary N) is 2. The van der Waals surface area contributed by atoms with Crippen LogP contribution in [0.1, 0.15) is 51.0 Å². The number of amides is 1. The van der Waals surface area contributed by atoms with Gasteiger partial charge in [0.2, 0.25) is 5.91 Å². The van der Waals surface area contributed by atoms with Crippen LogP contribution in [0.4, 0.5) is 11.7 Å². The highest BCUT2D eigenvalue weighted by Crippen LogP contribution is 2.30. The number of para-hydroxylation sites is 2. The molecule has 1 heterocycles. The van der Waals surface area contributed by atoms with Gasteiger partial charge in [-0.25, -0.2) is 0 Å². The van der Waals surface area contributed by atoms with Crippen LogP contribution in [0.5, 0.6) is 17.2 Å². The molecule has 0 saturated carbocycles. The minimum absolute atomic E-state index is 0.0427. The third-order valence-electron chi connectivity index (χ3n) is 5.43. The van der Waals surface area contributed by atoms with E-state index in [0.29, 0.717) is 47.7 Å². The predicted octanol–water partition coefficient (Wildman–Crippen LogP) is 5.80. The summed E-state index contributed by atoms with van der Waals surface area (Å²) in [6.45, 7) is 4.80. The van der Waals surface area contributed by atoms with Crippen LogP contribution in [0.2, 0.25) is 0 Å². The number of aromatic nitrogens is 2. The summed E-state index contributed by atoms with van der Waals surface area (Å²) in [6, 6.07) is 13.2. The maximum atomic E-state index is 12.2. The van der Waals surface area contributed by atoms with Crippen LogP contribution in [-0.2, 0) is 17.9 Å². The number of benzene rings is 2. The van der Waals surface area contributed by atoms with Crippen molar-refractivity contribution in [2.24, 2.45) is 5.92 Å². The fraction of sp³-hybridized carbons (Fsp3) is 0.393. The van der Waals surface area contributed by atoms with Crippen molar-refractivity contribution in [3.63, 3.8) is 0 Å². The molecule has 198 valence electrons. The van der Waals surface area contributed by atoms with Gasteiger partial charge in [-0.2, -0.15) is 0 Å². The molecular weight excluding hydrogens is 472 g/mol. The Hall–Kier alpha value is -4.01. The SMILES string of the molecule is COc1ccccc1Nc1nnc(COc2ccc(CNC(=O)CCCC/C=C/C(C)C)cc2OC)o1. The van der Waals surface area contributed by atoms with Crippen molar-refractivity contribution in [1.29, 1.82) is 0 Å². The maximum Gasteiger partial charge on any atom is 0.320 e. The molecule has 3 aromatic rings. The second-order valence-electron chi connectivity index (χ2n) is 8.79. The highest BCUT2D eigenvalue weighted by atomic mass is 16.5. The molecule has 0 atom stereocenters. The van der Waals surface area contributed by atoms with Crippen LogP contribution >= 0.6 is 0 Å². The number of nitrogens with zero attached hydrogens (tertiary/aromatic N) is 2. The van der Waals surface area contributed by atoms with E-state index in [-0.39, 0.29) is 18.5 Å². The highest BCUT2D eigenvalue weighted by Gasteiger charge is 2.12. The number of carbonyl (C=O) groups excluding carboxylic acids is 1. The molecule has 0 aliphatic carbocycles. The van der Waals surface area contributed by atoms with Gasteiger partial charge < -0.3 is 29.3 Å². The van der Waals surface area contributed by atoms with Crippen LogP contribution in [0.3, 0.4) is 0 Å². The smallest absolute Gasteiger partial charge is 0.320 e. The number of hydrogen-bond donors (Lipinski definition) is 2.